The predicted molar refractivity (Wildman–Crippen MR) is 42.0 cm³/mol. The van der Waals surface area contributed by atoms with E-state index in [9.17, 15) is 4.79 Å². The summed E-state index contributed by atoms with van der Waals surface area (Å²) in [6.45, 7) is 0.366. The molecule has 0 aliphatic rings. The van der Waals surface area contributed by atoms with Gasteiger partial charge in [0, 0.05) is 18.1 Å². The average molecular weight is 172 g/mol. The molecule has 4 heteroatoms. The molecule has 0 saturated carbocycles. The number of hydrogen-bond acceptors (Lipinski definition) is 3. The fourth-order valence-corrected chi connectivity index (χ4v) is 1.59. The lowest BCUT2D eigenvalue weighted by Crippen LogP contribution is -1.99. The van der Waals surface area contributed by atoms with Gasteiger partial charge in [-0.15, -0.1) is 0 Å². The Morgan fingerprint density at radius 1 is 1.73 bits per heavy atom. The molecule has 1 aromatic heterocycles. The van der Waals surface area contributed by atoms with Crippen molar-refractivity contribution in [3.8, 4) is 0 Å². The van der Waals surface area contributed by atoms with Gasteiger partial charge < -0.3 is 9.84 Å². The number of rotatable bonds is 3. The fourth-order valence-electron chi connectivity index (χ4n) is 0.778. The first kappa shape index (κ1) is 8.23. The van der Waals surface area contributed by atoms with Gasteiger partial charge >= 0.3 is 5.97 Å². The van der Waals surface area contributed by atoms with Gasteiger partial charge in [0.2, 0.25) is 0 Å². The van der Waals surface area contributed by atoms with Gasteiger partial charge in [-0.3, -0.25) is 0 Å². The highest BCUT2D eigenvalue weighted by atomic mass is 32.1. The van der Waals surface area contributed by atoms with Crippen LogP contribution in [0.15, 0.2) is 10.8 Å². The van der Waals surface area contributed by atoms with Gasteiger partial charge in [0.25, 0.3) is 0 Å². The molecule has 0 aromatic carbocycles. The molecular formula is C7H8O3S. The largest absolute Gasteiger partial charge is 0.478 e. The predicted octanol–water partition coefficient (Wildman–Crippen LogP) is 1.59. The van der Waals surface area contributed by atoms with E-state index in [0.717, 1.165) is 5.56 Å². The number of carboxylic acids is 1. The van der Waals surface area contributed by atoms with Crippen LogP contribution < -0.4 is 0 Å². The van der Waals surface area contributed by atoms with E-state index in [1.54, 1.807) is 17.9 Å². The quantitative estimate of drug-likeness (QED) is 0.753. The number of hydrogen-bond donors (Lipinski definition) is 1. The molecule has 1 N–H and O–H groups in total. The van der Waals surface area contributed by atoms with Crippen LogP contribution in [0, 0.1) is 0 Å². The van der Waals surface area contributed by atoms with Gasteiger partial charge in [0.1, 0.15) is 0 Å². The summed E-state index contributed by atoms with van der Waals surface area (Å²) in [6, 6.07) is 0. The SMILES string of the molecule is COCc1cscc1C(=O)O. The summed E-state index contributed by atoms with van der Waals surface area (Å²) in [4.78, 5) is 10.5. The molecule has 0 saturated heterocycles. The molecule has 0 fully saturated rings. The van der Waals surface area contributed by atoms with Crippen molar-refractivity contribution >= 4 is 17.3 Å². The van der Waals surface area contributed by atoms with Crippen LogP contribution in [0.5, 0.6) is 0 Å². The molecule has 1 rings (SSSR count). The van der Waals surface area contributed by atoms with Crippen molar-refractivity contribution in [3.05, 3.63) is 21.9 Å². The van der Waals surface area contributed by atoms with Gasteiger partial charge in [-0.25, -0.2) is 4.79 Å². The highest BCUT2D eigenvalue weighted by Crippen LogP contribution is 2.15. The molecule has 0 bridgehead atoms. The molecule has 0 atom stereocenters. The first-order valence-electron chi connectivity index (χ1n) is 3.03. The Kier molecular flexibility index (Phi) is 2.62. The van der Waals surface area contributed by atoms with Crippen LogP contribution in [0.25, 0.3) is 0 Å². The van der Waals surface area contributed by atoms with Crippen molar-refractivity contribution in [2.45, 2.75) is 6.61 Å². The maximum atomic E-state index is 10.5. The second-order valence-corrected chi connectivity index (χ2v) is 2.79. The van der Waals surface area contributed by atoms with E-state index in [2.05, 4.69) is 0 Å². The summed E-state index contributed by atoms with van der Waals surface area (Å²) >= 11 is 1.37. The summed E-state index contributed by atoms with van der Waals surface area (Å²) in [5, 5.41) is 12.0. The number of carbonyl (C=O) groups is 1. The topological polar surface area (TPSA) is 46.5 Å². The molecule has 3 nitrogen and oxygen atoms in total. The van der Waals surface area contributed by atoms with Crippen molar-refractivity contribution in [2.24, 2.45) is 0 Å². The molecule has 0 spiro atoms. The Labute approximate surface area is 68.2 Å². The van der Waals surface area contributed by atoms with Crippen molar-refractivity contribution in [1.82, 2.24) is 0 Å². The maximum absolute atomic E-state index is 10.5. The average Bonchev–Trinajstić information content (AvgIpc) is 2.36. The molecule has 1 heterocycles. The standard InChI is InChI=1S/C7H8O3S/c1-10-2-5-3-11-4-6(5)7(8)9/h3-4H,2H2,1H3,(H,8,9). The minimum atomic E-state index is -0.890. The maximum Gasteiger partial charge on any atom is 0.336 e. The van der Waals surface area contributed by atoms with E-state index < -0.39 is 5.97 Å². The molecule has 0 aliphatic heterocycles. The molecule has 0 aliphatic carbocycles. The van der Waals surface area contributed by atoms with E-state index in [-0.39, 0.29) is 0 Å². The second kappa shape index (κ2) is 3.50. The molecule has 0 amide bonds. The number of thiophene rings is 1. The van der Waals surface area contributed by atoms with E-state index in [0.29, 0.717) is 12.2 Å². The molecule has 0 unspecified atom stereocenters. The Morgan fingerprint density at radius 3 is 3.00 bits per heavy atom. The zero-order valence-electron chi connectivity index (χ0n) is 6.03. The lowest BCUT2D eigenvalue weighted by molar-refractivity contribution is 0.0692. The molecule has 11 heavy (non-hydrogen) atoms. The Bertz CT molecular complexity index is 254. The summed E-state index contributed by atoms with van der Waals surface area (Å²) < 4.78 is 4.82. The molecule has 0 radical (unpaired) electrons. The van der Waals surface area contributed by atoms with Gasteiger partial charge in [-0.1, -0.05) is 0 Å². The monoisotopic (exact) mass is 172 g/mol. The summed E-state index contributed by atoms with van der Waals surface area (Å²) in [5.41, 5.74) is 1.09. The van der Waals surface area contributed by atoms with Crippen LogP contribution in [0.4, 0.5) is 0 Å². The van der Waals surface area contributed by atoms with Crippen LogP contribution >= 0.6 is 11.3 Å². The highest BCUT2D eigenvalue weighted by molar-refractivity contribution is 7.08. The third-order valence-corrected chi connectivity index (χ3v) is 2.06. The van der Waals surface area contributed by atoms with Gasteiger partial charge in [-0.05, 0) is 5.38 Å². The number of aromatic carboxylic acids is 1. The summed E-state index contributed by atoms with van der Waals surface area (Å²) in [5.74, 6) is -0.890. The van der Waals surface area contributed by atoms with Crippen LogP contribution in [-0.2, 0) is 11.3 Å². The first-order valence-corrected chi connectivity index (χ1v) is 3.97. The number of ether oxygens (including phenoxy) is 1. The molecular weight excluding hydrogens is 164 g/mol. The lowest BCUT2D eigenvalue weighted by Gasteiger charge is -1.96. The molecule has 1 aromatic rings. The van der Waals surface area contributed by atoms with Crippen molar-refractivity contribution in [3.63, 3.8) is 0 Å². The zero-order valence-corrected chi connectivity index (χ0v) is 6.85. The normalized spacial score (nSPS) is 9.91. The first-order chi connectivity index (χ1) is 5.25. The third kappa shape index (κ3) is 1.78. The number of carboxylic acid groups (broad SMARTS) is 1. The van der Waals surface area contributed by atoms with Gasteiger partial charge in [-0.2, -0.15) is 11.3 Å². The lowest BCUT2D eigenvalue weighted by atomic mass is 10.2. The van der Waals surface area contributed by atoms with E-state index in [4.69, 9.17) is 9.84 Å². The summed E-state index contributed by atoms with van der Waals surface area (Å²) in [6.07, 6.45) is 0. The second-order valence-electron chi connectivity index (χ2n) is 2.05. The van der Waals surface area contributed by atoms with Crippen molar-refractivity contribution < 1.29 is 14.6 Å². The smallest absolute Gasteiger partial charge is 0.336 e. The third-order valence-electron chi connectivity index (χ3n) is 1.27. The zero-order chi connectivity index (χ0) is 8.27. The minimum Gasteiger partial charge on any atom is -0.478 e. The summed E-state index contributed by atoms with van der Waals surface area (Å²) in [7, 11) is 1.54. The van der Waals surface area contributed by atoms with E-state index in [1.807, 2.05) is 0 Å². The minimum absolute atomic E-state index is 0.344. The van der Waals surface area contributed by atoms with Gasteiger partial charge in [0.15, 0.2) is 0 Å². The highest BCUT2D eigenvalue weighted by Gasteiger charge is 2.09. The fraction of sp³-hybridized carbons (Fsp3) is 0.286. The van der Waals surface area contributed by atoms with Crippen LogP contribution in [-0.4, -0.2) is 18.2 Å². The van der Waals surface area contributed by atoms with Crippen LogP contribution in [0.1, 0.15) is 15.9 Å². The van der Waals surface area contributed by atoms with E-state index >= 15 is 0 Å². The van der Waals surface area contributed by atoms with Crippen LogP contribution in [0.3, 0.4) is 0 Å². The Morgan fingerprint density at radius 2 is 2.45 bits per heavy atom. The van der Waals surface area contributed by atoms with Crippen molar-refractivity contribution in [1.29, 1.82) is 0 Å². The Balaban J connectivity index is 2.87. The molecule has 60 valence electrons. The Hall–Kier alpha value is -0.870. The van der Waals surface area contributed by atoms with E-state index in [1.165, 1.54) is 11.3 Å². The van der Waals surface area contributed by atoms with Crippen molar-refractivity contribution in [2.75, 3.05) is 7.11 Å². The number of methoxy groups -OCH3 is 1. The van der Waals surface area contributed by atoms with Crippen LogP contribution in [0.2, 0.25) is 0 Å². The van der Waals surface area contributed by atoms with Gasteiger partial charge in [0.05, 0.1) is 12.2 Å².